The molecule has 2 atom stereocenters. The molecular weight excluding hydrogens is 1560 g/mol. The summed E-state index contributed by atoms with van der Waals surface area (Å²) in [4.78, 5) is -0.393. The molecule has 0 heterocycles. The molecule has 0 aliphatic rings. The zero-order valence-electron chi connectivity index (χ0n) is 80.6. The van der Waals surface area contributed by atoms with E-state index in [9.17, 15) is 25.9 Å². The van der Waals surface area contributed by atoms with Crippen molar-refractivity contribution < 1.29 is 68.6 Å². The van der Waals surface area contributed by atoms with Gasteiger partial charge in [0.1, 0.15) is 55.4 Å². The third kappa shape index (κ3) is 59.1. The second kappa shape index (κ2) is 77.1. The van der Waals surface area contributed by atoms with Crippen LogP contribution >= 0.6 is 0 Å². The number of ether oxygens (including phenoxy) is 4. The van der Waals surface area contributed by atoms with Crippen molar-refractivity contribution in [1.29, 1.82) is 0 Å². The van der Waals surface area contributed by atoms with Crippen molar-refractivity contribution in [2.24, 2.45) is 10.8 Å². The Morgan fingerprint density at radius 2 is 0.442 bits per heavy atom. The van der Waals surface area contributed by atoms with E-state index in [1.54, 1.807) is 12.2 Å². The van der Waals surface area contributed by atoms with Crippen LogP contribution in [0.15, 0.2) is 60.4 Å². The van der Waals surface area contributed by atoms with E-state index in [1.165, 1.54) is 295 Å². The number of benzene rings is 2. The molecular formula is C106H190O11S2Ti. The van der Waals surface area contributed by atoms with Gasteiger partial charge in [0, 0.05) is 11.1 Å². The van der Waals surface area contributed by atoms with E-state index in [0.29, 0.717) is 48.3 Å². The maximum atomic E-state index is 13.6. The molecule has 0 aliphatic carbocycles. The van der Waals surface area contributed by atoms with Crippen molar-refractivity contribution in [2.45, 2.75) is 542 Å². The molecule has 0 bridgehead atoms. The molecule has 14 heteroatoms. The van der Waals surface area contributed by atoms with Crippen molar-refractivity contribution >= 4 is 20.2 Å². The van der Waals surface area contributed by atoms with Gasteiger partial charge in [-0.3, -0.25) is 0 Å². The fraction of sp³-hybridized carbons (Fsp3) is 0.811. The summed E-state index contributed by atoms with van der Waals surface area (Å²) >= 11 is 0.750. The van der Waals surface area contributed by atoms with E-state index in [1.807, 2.05) is 12.2 Å². The van der Waals surface area contributed by atoms with Gasteiger partial charge >= 0.3 is 23.7 Å². The van der Waals surface area contributed by atoms with Crippen LogP contribution in [-0.2, 0) is 82.5 Å². The fourth-order valence-corrected chi connectivity index (χ4v) is 19.1. The average Bonchev–Trinajstić information content (AvgIpc) is 0.754. The van der Waals surface area contributed by atoms with Gasteiger partial charge in [0.15, 0.2) is 23.0 Å². The number of rotatable bonds is 82. The van der Waals surface area contributed by atoms with Crippen LogP contribution in [-0.4, -0.2) is 51.4 Å². The third-order valence-corrected chi connectivity index (χ3v) is 25.8. The van der Waals surface area contributed by atoms with Gasteiger partial charge < -0.3 is 28.1 Å². The molecule has 0 saturated carbocycles. The summed E-state index contributed by atoms with van der Waals surface area (Å²) in [6.07, 6.45) is 85.1. The topological polar surface area (TPSA) is 168 Å². The summed E-state index contributed by atoms with van der Waals surface area (Å²) in [5.74, 6) is 1.08. The van der Waals surface area contributed by atoms with Crippen LogP contribution in [0.3, 0.4) is 0 Å². The Hall–Kier alpha value is -3.07. The quantitative estimate of drug-likeness (QED) is 0.0267. The molecule has 0 spiro atoms. The van der Waals surface area contributed by atoms with Gasteiger partial charge in [-0.25, -0.2) is 16.8 Å². The third-order valence-electron chi connectivity index (χ3n) is 23.9. The zero-order valence-corrected chi connectivity index (χ0v) is 83.8. The standard InChI is InChI=1S/2C53H96O5S.O.Ti/c2*1-9-14-17-20-23-26-29-32-35-38-41-47-48(42-39-36-33-30-27-24-21-18-15-10-2)50(58-46(13-5)45-53(6,7)8)51(57-44-12-4)52(59(54,55)56)49(47)43-40-37-34-31-28-25-22-19-16-11-3;;/h2*12-13,46H,4-5,9-11,14-45H2,1-3,6-8H3,(H,54,55,56);;/q;;;+2/p-2. The molecule has 0 saturated heterocycles. The van der Waals surface area contributed by atoms with Crippen LogP contribution in [0, 0.1) is 10.8 Å². The van der Waals surface area contributed by atoms with Crippen molar-refractivity contribution in [3.8, 4) is 23.0 Å². The summed E-state index contributed by atoms with van der Waals surface area (Å²) in [5.41, 5.74) is 5.43. The van der Waals surface area contributed by atoms with Crippen molar-refractivity contribution in [2.75, 3.05) is 13.2 Å². The van der Waals surface area contributed by atoms with Crippen LogP contribution in [0.2, 0.25) is 0 Å². The maximum absolute atomic E-state index is 13.6. The van der Waals surface area contributed by atoms with Crippen LogP contribution in [0.1, 0.15) is 515 Å². The minimum atomic E-state index is -4.91. The van der Waals surface area contributed by atoms with E-state index in [-0.39, 0.29) is 57.5 Å². The summed E-state index contributed by atoms with van der Waals surface area (Å²) < 4.78 is 116. The molecule has 2 rings (SSSR count). The molecule has 2 unspecified atom stereocenters. The predicted octanol–water partition coefficient (Wildman–Crippen LogP) is 33.7. The van der Waals surface area contributed by atoms with Gasteiger partial charge in [-0.2, -0.15) is 0 Å². The van der Waals surface area contributed by atoms with Gasteiger partial charge in [-0.1, -0.05) is 480 Å². The van der Waals surface area contributed by atoms with Crippen LogP contribution in [0.5, 0.6) is 23.0 Å². The molecule has 2 aromatic carbocycles. The fourth-order valence-electron chi connectivity index (χ4n) is 17.2. The second-order valence-electron chi connectivity index (χ2n) is 37.9. The van der Waals surface area contributed by atoms with Crippen LogP contribution < -0.4 is 18.9 Å². The molecule has 0 amide bonds. The average molecular weight is 1750 g/mol. The summed E-state index contributed by atoms with van der Waals surface area (Å²) in [6.45, 7) is 42.8. The SMILES string of the molecule is C=CCOc1c(OC(C=C)CC(C)(C)C)c(CCCCCCCCCCCC)c(CCCCCCCCCCCC)c(CCCCCCCCCCCC)c1S(=O)(=O)[O-].C=CCOc1c(OC(C=C)CC(C)(C)C)c(CCCCCCCCCCCC)c(CCCCCCCCCCCC)c(CCCCCCCCCCCC)c1S(=O)(=O)[O-].[O]=[Ti+2]. The number of hydrogen-bond donors (Lipinski definition) is 0. The Morgan fingerprint density at radius 3 is 0.600 bits per heavy atom. The van der Waals surface area contributed by atoms with E-state index in [2.05, 4.69) is 109 Å². The monoisotopic (exact) mass is 1750 g/mol. The summed E-state index contributed by atoms with van der Waals surface area (Å²) in [6, 6.07) is 0. The molecule has 0 aromatic heterocycles. The first-order chi connectivity index (χ1) is 57.9. The van der Waals surface area contributed by atoms with Gasteiger partial charge in [-0.15, -0.1) is 0 Å². The second-order valence-corrected chi connectivity index (χ2v) is 40.5. The number of hydrogen-bond acceptors (Lipinski definition) is 11. The number of unbranched alkanes of at least 4 members (excludes halogenated alkanes) is 54. The Labute approximate surface area is 756 Å². The van der Waals surface area contributed by atoms with E-state index < -0.39 is 20.2 Å². The van der Waals surface area contributed by atoms with Gasteiger partial charge in [0.2, 0.25) is 0 Å². The van der Waals surface area contributed by atoms with Crippen LogP contribution in [0.25, 0.3) is 0 Å². The van der Waals surface area contributed by atoms with E-state index in [0.717, 1.165) is 158 Å². The first-order valence-electron chi connectivity index (χ1n) is 50.5. The molecule has 0 fully saturated rings. The Morgan fingerprint density at radius 1 is 0.275 bits per heavy atom. The van der Waals surface area contributed by atoms with Crippen molar-refractivity contribution in [3.05, 3.63) is 84.0 Å². The van der Waals surface area contributed by atoms with Gasteiger partial charge in [0.05, 0.1) is 0 Å². The molecule has 120 heavy (non-hydrogen) atoms. The molecule has 0 N–H and O–H groups in total. The van der Waals surface area contributed by atoms with Gasteiger partial charge in [-0.05, 0) is 123 Å². The molecule has 11 nitrogen and oxygen atoms in total. The molecule has 696 valence electrons. The van der Waals surface area contributed by atoms with E-state index >= 15 is 0 Å². The summed E-state index contributed by atoms with van der Waals surface area (Å²) in [5, 5.41) is 0. The minimum absolute atomic E-state index is 0.0561. The Balaban J connectivity index is 0.00000231. The normalized spacial score (nSPS) is 12.4. The van der Waals surface area contributed by atoms with Crippen LogP contribution in [0.4, 0.5) is 0 Å². The molecule has 2 aromatic rings. The first-order valence-corrected chi connectivity index (χ1v) is 53.9. The van der Waals surface area contributed by atoms with E-state index in [4.69, 9.17) is 22.3 Å². The Kier molecular flexibility index (Phi) is 75.1. The first kappa shape index (κ1) is 117. The summed E-state index contributed by atoms with van der Waals surface area (Å²) in [7, 11) is -9.82. The van der Waals surface area contributed by atoms with Crippen molar-refractivity contribution in [3.63, 3.8) is 0 Å². The van der Waals surface area contributed by atoms with Gasteiger partial charge in [0.25, 0.3) is 0 Å². The molecule has 0 radical (unpaired) electrons. The van der Waals surface area contributed by atoms with Crippen molar-refractivity contribution in [1.82, 2.24) is 0 Å². The predicted molar refractivity (Wildman–Crippen MR) is 512 cm³/mol. The Bertz CT molecular complexity index is 2850. The zero-order chi connectivity index (χ0) is 89.2. The molecule has 0 aliphatic heterocycles.